The van der Waals surface area contributed by atoms with Crippen molar-refractivity contribution in [1.29, 1.82) is 0 Å². The summed E-state index contributed by atoms with van der Waals surface area (Å²) in [6.07, 6.45) is 2.10. The van der Waals surface area contributed by atoms with Crippen molar-refractivity contribution in [3.8, 4) is 0 Å². The van der Waals surface area contributed by atoms with Gasteiger partial charge in [0.25, 0.3) is 0 Å². The first-order valence-electron chi connectivity index (χ1n) is 6.50. The number of nitrogens with one attached hydrogen (secondary N) is 1. The SMILES string of the molecule is CCn1cnnc1CNC(=O)N(C)C1CCS(=O)(=O)C1. The van der Waals surface area contributed by atoms with Gasteiger partial charge < -0.3 is 14.8 Å². The van der Waals surface area contributed by atoms with Crippen molar-refractivity contribution >= 4 is 15.9 Å². The van der Waals surface area contributed by atoms with Crippen LogP contribution in [0.2, 0.25) is 0 Å². The number of carbonyl (C=O) groups is 1. The Hall–Kier alpha value is -1.64. The van der Waals surface area contributed by atoms with Crippen LogP contribution in [0.1, 0.15) is 19.2 Å². The lowest BCUT2D eigenvalue weighted by molar-refractivity contribution is 0.194. The molecule has 0 spiro atoms. The second-order valence-corrected chi connectivity index (χ2v) is 7.09. The molecule has 2 heterocycles. The van der Waals surface area contributed by atoms with E-state index in [1.54, 1.807) is 13.4 Å². The Morgan fingerprint density at radius 1 is 1.60 bits per heavy atom. The van der Waals surface area contributed by atoms with E-state index in [2.05, 4.69) is 15.5 Å². The number of nitrogens with zero attached hydrogens (tertiary/aromatic N) is 4. The van der Waals surface area contributed by atoms with Crippen molar-refractivity contribution in [3.05, 3.63) is 12.2 Å². The Labute approximate surface area is 118 Å². The summed E-state index contributed by atoms with van der Waals surface area (Å²) < 4.78 is 24.7. The van der Waals surface area contributed by atoms with Crippen LogP contribution in [0, 0.1) is 0 Å². The lowest BCUT2D eigenvalue weighted by atomic mass is 10.2. The first-order valence-corrected chi connectivity index (χ1v) is 8.33. The smallest absolute Gasteiger partial charge is 0.317 e. The van der Waals surface area contributed by atoms with E-state index in [4.69, 9.17) is 0 Å². The Balaban J connectivity index is 1.89. The fourth-order valence-electron chi connectivity index (χ4n) is 2.21. The highest BCUT2D eigenvalue weighted by Gasteiger charge is 2.32. The molecule has 2 rings (SSSR count). The monoisotopic (exact) mass is 301 g/mol. The van der Waals surface area contributed by atoms with E-state index in [1.165, 1.54) is 4.90 Å². The van der Waals surface area contributed by atoms with E-state index in [0.717, 1.165) is 6.54 Å². The number of aromatic nitrogens is 3. The van der Waals surface area contributed by atoms with Crippen LogP contribution in [0.4, 0.5) is 4.79 Å². The zero-order chi connectivity index (χ0) is 14.8. The molecule has 1 aromatic rings. The Bertz CT molecular complexity index is 583. The van der Waals surface area contributed by atoms with Crippen LogP contribution >= 0.6 is 0 Å². The molecular formula is C11H19N5O3S. The molecule has 1 saturated heterocycles. The van der Waals surface area contributed by atoms with Crippen LogP contribution in [0.3, 0.4) is 0 Å². The average Bonchev–Trinajstić information content (AvgIpc) is 3.00. The summed E-state index contributed by atoms with van der Waals surface area (Å²) in [5, 5.41) is 10.4. The van der Waals surface area contributed by atoms with E-state index in [0.29, 0.717) is 12.2 Å². The molecule has 1 aliphatic rings. The van der Waals surface area contributed by atoms with Crippen molar-refractivity contribution in [3.63, 3.8) is 0 Å². The molecule has 9 heteroatoms. The predicted molar refractivity (Wildman–Crippen MR) is 72.8 cm³/mol. The highest BCUT2D eigenvalue weighted by Crippen LogP contribution is 2.16. The van der Waals surface area contributed by atoms with Gasteiger partial charge >= 0.3 is 6.03 Å². The van der Waals surface area contributed by atoms with Crippen LogP contribution in [0.15, 0.2) is 6.33 Å². The van der Waals surface area contributed by atoms with Crippen LogP contribution in [0.25, 0.3) is 0 Å². The second kappa shape index (κ2) is 5.78. The van der Waals surface area contributed by atoms with Crippen LogP contribution < -0.4 is 5.32 Å². The maximum Gasteiger partial charge on any atom is 0.317 e. The molecule has 1 aromatic heterocycles. The maximum atomic E-state index is 12.0. The van der Waals surface area contributed by atoms with Crippen molar-refractivity contribution < 1.29 is 13.2 Å². The summed E-state index contributed by atoms with van der Waals surface area (Å²) in [6, 6.07) is -0.540. The Kier molecular flexibility index (Phi) is 4.26. The average molecular weight is 301 g/mol. The van der Waals surface area contributed by atoms with E-state index in [-0.39, 0.29) is 30.1 Å². The van der Waals surface area contributed by atoms with Gasteiger partial charge in [-0.3, -0.25) is 0 Å². The van der Waals surface area contributed by atoms with Gasteiger partial charge in [0.2, 0.25) is 0 Å². The first kappa shape index (κ1) is 14.8. The van der Waals surface area contributed by atoms with Gasteiger partial charge in [-0.15, -0.1) is 10.2 Å². The second-order valence-electron chi connectivity index (χ2n) is 4.86. The van der Waals surface area contributed by atoms with E-state index in [9.17, 15) is 13.2 Å². The van der Waals surface area contributed by atoms with E-state index >= 15 is 0 Å². The number of hydrogen-bond acceptors (Lipinski definition) is 5. The van der Waals surface area contributed by atoms with Crippen LogP contribution in [-0.4, -0.2) is 58.7 Å². The van der Waals surface area contributed by atoms with Gasteiger partial charge in [-0.1, -0.05) is 0 Å². The number of carbonyl (C=O) groups excluding carboxylic acids is 1. The van der Waals surface area contributed by atoms with Gasteiger partial charge in [-0.25, -0.2) is 13.2 Å². The molecule has 8 nitrogen and oxygen atoms in total. The molecule has 1 fully saturated rings. The molecule has 1 aliphatic heterocycles. The van der Waals surface area contributed by atoms with Gasteiger partial charge in [0.05, 0.1) is 18.1 Å². The molecule has 0 saturated carbocycles. The number of aryl methyl sites for hydroxylation is 1. The predicted octanol–water partition coefficient (Wildman–Crippen LogP) is -0.373. The molecule has 0 aliphatic carbocycles. The highest BCUT2D eigenvalue weighted by atomic mass is 32.2. The summed E-state index contributed by atoms with van der Waals surface area (Å²) in [4.78, 5) is 13.5. The molecule has 2 amide bonds. The number of rotatable bonds is 4. The summed E-state index contributed by atoms with van der Waals surface area (Å²) in [5.74, 6) is 0.870. The summed E-state index contributed by atoms with van der Waals surface area (Å²) in [6.45, 7) is 2.97. The third kappa shape index (κ3) is 3.27. The third-order valence-corrected chi connectivity index (χ3v) is 5.26. The minimum Gasteiger partial charge on any atom is -0.331 e. The number of hydrogen-bond donors (Lipinski definition) is 1. The Morgan fingerprint density at radius 2 is 2.35 bits per heavy atom. The minimum atomic E-state index is -2.99. The summed E-state index contributed by atoms with van der Waals surface area (Å²) >= 11 is 0. The Morgan fingerprint density at radius 3 is 2.95 bits per heavy atom. The topological polar surface area (TPSA) is 97.2 Å². The van der Waals surface area contributed by atoms with Gasteiger partial charge in [0.1, 0.15) is 6.33 Å². The number of urea groups is 1. The summed E-state index contributed by atoms with van der Waals surface area (Å²) in [5.41, 5.74) is 0. The number of sulfone groups is 1. The molecule has 0 bridgehead atoms. The lowest BCUT2D eigenvalue weighted by Crippen LogP contribution is -2.44. The molecule has 1 unspecified atom stereocenters. The highest BCUT2D eigenvalue weighted by molar-refractivity contribution is 7.91. The summed E-state index contributed by atoms with van der Waals surface area (Å²) in [7, 11) is -1.37. The largest absolute Gasteiger partial charge is 0.331 e. The van der Waals surface area contributed by atoms with Crippen molar-refractivity contribution in [1.82, 2.24) is 25.0 Å². The third-order valence-electron chi connectivity index (χ3n) is 3.51. The fraction of sp³-hybridized carbons (Fsp3) is 0.727. The van der Waals surface area contributed by atoms with Gasteiger partial charge in [0.15, 0.2) is 15.7 Å². The van der Waals surface area contributed by atoms with Gasteiger partial charge in [-0.05, 0) is 13.3 Å². The van der Waals surface area contributed by atoms with Crippen LogP contribution in [0.5, 0.6) is 0 Å². The quantitative estimate of drug-likeness (QED) is 0.818. The molecule has 0 aromatic carbocycles. The van der Waals surface area contributed by atoms with Crippen molar-refractivity contribution in [2.45, 2.75) is 32.5 Å². The molecule has 112 valence electrons. The first-order chi connectivity index (χ1) is 9.43. The zero-order valence-corrected chi connectivity index (χ0v) is 12.4. The fourth-order valence-corrected chi connectivity index (χ4v) is 3.98. The van der Waals surface area contributed by atoms with Gasteiger partial charge in [0, 0.05) is 19.6 Å². The van der Waals surface area contributed by atoms with Crippen LogP contribution in [-0.2, 0) is 22.9 Å². The minimum absolute atomic E-state index is 0.0437. The number of amides is 2. The molecule has 1 N–H and O–H groups in total. The van der Waals surface area contributed by atoms with E-state index < -0.39 is 9.84 Å². The normalized spacial score (nSPS) is 20.8. The molecule has 0 radical (unpaired) electrons. The molecule has 20 heavy (non-hydrogen) atoms. The van der Waals surface area contributed by atoms with Crippen molar-refractivity contribution in [2.75, 3.05) is 18.6 Å². The zero-order valence-electron chi connectivity index (χ0n) is 11.6. The molecular weight excluding hydrogens is 282 g/mol. The molecule has 1 atom stereocenters. The maximum absolute atomic E-state index is 12.0. The standard InChI is InChI=1S/C11H19N5O3S/c1-3-16-8-13-14-10(16)6-12-11(17)15(2)9-4-5-20(18,19)7-9/h8-9H,3-7H2,1-2H3,(H,12,17). The van der Waals surface area contributed by atoms with Crippen molar-refractivity contribution in [2.24, 2.45) is 0 Å². The van der Waals surface area contributed by atoms with E-state index in [1.807, 2.05) is 11.5 Å². The lowest BCUT2D eigenvalue weighted by Gasteiger charge is -2.23. The van der Waals surface area contributed by atoms with Gasteiger partial charge in [-0.2, -0.15) is 0 Å².